The summed E-state index contributed by atoms with van der Waals surface area (Å²) in [6, 6.07) is 6.52. The van der Waals surface area contributed by atoms with E-state index >= 15 is 0 Å². The van der Waals surface area contributed by atoms with Crippen LogP contribution in [0.3, 0.4) is 0 Å². The molecule has 1 aromatic heterocycles. The van der Waals surface area contributed by atoms with Crippen LogP contribution in [0, 0.1) is 13.8 Å². The molecule has 0 unspecified atom stereocenters. The second kappa shape index (κ2) is 8.62. The summed E-state index contributed by atoms with van der Waals surface area (Å²) in [4.78, 5) is 27.2. The lowest BCUT2D eigenvalue weighted by Crippen LogP contribution is -2.40. The summed E-state index contributed by atoms with van der Waals surface area (Å²) in [5.41, 5.74) is 6.51. The summed E-state index contributed by atoms with van der Waals surface area (Å²) in [5.74, 6) is 0.219. The van der Waals surface area contributed by atoms with Crippen molar-refractivity contribution >= 4 is 11.9 Å². The second-order valence-corrected chi connectivity index (χ2v) is 8.45. The molecule has 0 N–H and O–H groups in total. The first-order valence-electron chi connectivity index (χ1n) is 11.1. The van der Waals surface area contributed by atoms with Gasteiger partial charge in [0, 0.05) is 24.3 Å². The van der Waals surface area contributed by atoms with Crippen molar-refractivity contribution in [3.8, 4) is 0 Å². The number of fused-ring (bicyclic) bond motifs is 1. The molecule has 4 rings (SSSR count). The van der Waals surface area contributed by atoms with Crippen LogP contribution in [0.25, 0.3) is 0 Å². The number of carbonyl (C=O) groups excluding carboxylic acids is 2. The van der Waals surface area contributed by atoms with Crippen molar-refractivity contribution in [1.82, 2.24) is 14.7 Å². The molecule has 1 aliphatic heterocycles. The molecule has 160 valence electrons. The first kappa shape index (κ1) is 20.6. The molecule has 30 heavy (non-hydrogen) atoms. The summed E-state index contributed by atoms with van der Waals surface area (Å²) in [5, 5.41) is 4.46. The fourth-order valence-corrected chi connectivity index (χ4v) is 4.89. The maximum atomic E-state index is 13.0. The van der Waals surface area contributed by atoms with Crippen LogP contribution in [0.1, 0.15) is 70.5 Å². The highest BCUT2D eigenvalue weighted by Gasteiger charge is 2.30. The third kappa shape index (κ3) is 3.87. The summed E-state index contributed by atoms with van der Waals surface area (Å²) < 4.78 is 6.89. The van der Waals surface area contributed by atoms with Crippen molar-refractivity contribution in [2.24, 2.45) is 0 Å². The summed E-state index contributed by atoms with van der Waals surface area (Å²) >= 11 is 0. The van der Waals surface area contributed by atoms with Crippen molar-refractivity contribution in [3.63, 3.8) is 0 Å². The Balaban J connectivity index is 1.42. The first-order valence-corrected chi connectivity index (χ1v) is 11.1. The molecule has 2 aliphatic rings. The fraction of sp³-hybridized carbons (Fsp3) is 0.542. The molecule has 1 saturated heterocycles. The van der Waals surface area contributed by atoms with Crippen molar-refractivity contribution < 1.29 is 14.3 Å². The van der Waals surface area contributed by atoms with Gasteiger partial charge in [0.05, 0.1) is 6.61 Å². The topological polar surface area (TPSA) is 64.4 Å². The molecule has 0 spiro atoms. The summed E-state index contributed by atoms with van der Waals surface area (Å²) in [6.07, 6.45) is 4.67. The number of aromatic nitrogens is 2. The van der Waals surface area contributed by atoms with Crippen LogP contribution in [0.15, 0.2) is 18.2 Å². The first-order chi connectivity index (χ1) is 14.5. The quantitative estimate of drug-likeness (QED) is 0.708. The molecule has 0 saturated carbocycles. The van der Waals surface area contributed by atoms with Gasteiger partial charge >= 0.3 is 5.97 Å². The number of benzene rings is 1. The van der Waals surface area contributed by atoms with E-state index in [1.165, 1.54) is 16.7 Å². The number of amides is 1. The Kier molecular flexibility index (Phi) is 5.93. The predicted molar refractivity (Wildman–Crippen MR) is 115 cm³/mol. The molecule has 1 aromatic carbocycles. The highest BCUT2D eigenvalue weighted by Crippen LogP contribution is 2.32. The lowest BCUT2D eigenvalue weighted by atomic mass is 9.85. The van der Waals surface area contributed by atoms with E-state index in [0.29, 0.717) is 18.2 Å². The van der Waals surface area contributed by atoms with E-state index in [4.69, 9.17) is 4.74 Å². The van der Waals surface area contributed by atoms with E-state index in [2.05, 4.69) is 37.1 Å². The zero-order valence-corrected chi connectivity index (χ0v) is 18.2. The monoisotopic (exact) mass is 409 g/mol. The minimum absolute atomic E-state index is 0.0852. The molecular formula is C24H31N3O3. The number of ether oxygens (including phenoxy) is 1. The number of esters is 1. The van der Waals surface area contributed by atoms with E-state index in [0.717, 1.165) is 56.5 Å². The van der Waals surface area contributed by atoms with Gasteiger partial charge in [0.25, 0.3) is 0 Å². The van der Waals surface area contributed by atoms with Gasteiger partial charge < -0.3 is 9.64 Å². The zero-order chi connectivity index (χ0) is 21.3. The average Bonchev–Trinajstić information content (AvgIpc) is 3.34. The van der Waals surface area contributed by atoms with Crippen molar-refractivity contribution in [2.45, 2.75) is 65.3 Å². The number of piperidine rings is 1. The number of hydrogen-bond donors (Lipinski definition) is 0. The van der Waals surface area contributed by atoms with Gasteiger partial charge in [-0.05, 0) is 75.5 Å². The van der Waals surface area contributed by atoms with Crippen LogP contribution >= 0.6 is 0 Å². The summed E-state index contributed by atoms with van der Waals surface area (Å²) in [6.45, 7) is 8.22. The molecular weight excluding hydrogens is 378 g/mol. The minimum atomic E-state index is -0.379. The zero-order valence-electron chi connectivity index (χ0n) is 18.2. The van der Waals surface area contributed by atoms with E-state index in [-0.39, 0.29) is 18.4 Å². The number of carbonyl (C=O) groups is 2. The third-order valence-electron chi connectivity index (χ3n) is 6.69. The number of hydrogen-bond acceptors (Lipinski definition) is 4. The maximum absolute atomic E-state index is 13.0. The Bertz CT molecular complexity index is 955. The number of likely N-dealkylation sites (tertiary alicyclic amines) is 1. The van der Waals surface area contributed by atoms with Crippen LogP contribution in [-0.4, -0.2) is 46.3 Å². The molecule has 1 aliphatic carbocycles. The van der Waals surface area contributed by atoms with E-state index in [1.807, 2.05) is 4.90 Å². The standard InChI is InChI=1S/C24H31N3O3/c1-4-30-24(29)23-20-9-6-10-21(20)27(25-23)15-22(28)26-13-11-18(12-14-26)19-8-5-7-16(2)17(19)3/h5,7-8,18H,4,6,9-15H2,1-3H3. The molecule has 2 aromatic rings. The van der Waals surface area contributed by atoms with Gasteiger partial charge in [-0.1, -0.05) is 18.2 Å². The van der Waals surface area contributed by atoms with E-state index < -0.39 is 0 Å². The highest BCUT2D eigenvalue weighted by molar-refractivity contribution is 5.89. The second-order valence-electron chi connectivity index (χ2n) is 8.45. The van der Waals surface area contributed by atoms with Gasteiger partial charge in [-0.3, -0.25) is 9.48 Å². The van der Waals surface area contributed by atoms with Crippen LogP contribution in [-0.2, 0) is 28.9 Å². The number of aryl methyl sites for hydroxylation is 1. The van der Waals surface area contributed by atoms with E-state index in [1.54, 1.807) is 11.6 Å². The van der Waals surface area contributed by atoms with Gasteiger partial charge in [0.15, 0.2) is 5.69 Å². The Hall–Kier alpha value is -2.63. The molecule has 1 amide bonds. The Labute approximate surface area is 178 Å². The lowest BCUT2D eigenvalue weighted by Gasteiger charge is -2.33. The Morgan fingerprint density at radius 2 is 1.93 bits per heavy atom. The minimum Gasteiger partial charge on any atom is -0.461 e. The van der Waals surface area contributed by atoms with Gasteiger partial charge in [-0.25, -0.2) is 4.79 Å². The number of nitrogens with zero attached hydrogens (tertiary/aromatic N) is 3. The molecule has 0 bridgehead atoms. The van der Waals surface area contributed by atoms with Crippen LogP contribution in [0.2, 0.25) is 0 Å². The predicted octanol–water partition coefficient (Wildman–Crippen LogP) is 3.57. The van der Waals surface area contributed by atoms with Crippen molar-refractivity contribution in [1.29, 1.82) is 0 Å². The SMILES string of the molecule is CCOC(=O)c1nn(CC(=O)N2CCC(c3cccc(C)c3C)CC2)c2c1CCC2. The van der Waals surface area contributed by atoms with Gasteiger partial charge in [-0.15, -0.1) is 0 Å². The Morgan fingerprint density at radius 1 is 1.17 bits per heavy atom. The highest BCUT2D eigenvalue weighted by atomic mass is 16.5. The lowest BCUT2D eigenvalue weighted by molar-refractivity contribution is -0.133. The van der Waals surface area contributed by atoms with Gasteiger partial charge in [-0.2, -0.15) is 5.10 Å². The molecule has 2 heterocycles. The van der Waals surface area contributed by atoms with Crippen LogP contribution < -0.4 is 0 Å². The molecule has 0 atom stereocenters. The van der Waals surface area contributed by atoms with Crippen LogP contribution in [0.5, 0.6) is 0 Å². The molecule has 6 nitrogen and oxygen atoms in total. The average molecular weight is 410 g/mol. The third-order valence-corrected chi connectivity index (χ3v) is 6.69. The number of rotatable bonds is 5. The van der Waals surface area contributed by atoms with Crippen molar-refractivity contribution in [2.75, 3.05) is 19.7 Å². The Morgan fingerprint density at radius 3 is 2.67 bits per heavy atom. The molecule has 1 fully saturated rings. The normalized spacial score (nSPS) is 16.6. The molecule has 0 radical (unpaired) electrons. The van der Waals surface area contributed by atoms with E-state index in [9.17, 15) is 9.59 Å². The largest absolute Gasteiger partial charge is 0.461 e. The fourth-order valence-electron chi connectivity index (χ4n) is 4.89. The maximum Gasteiger partial charge on any atom is 0.359 e. The molecule has 6 heteroatoms. The van der Waals surface area contributed by atoms with Crippen molar-refractivity contribution in [3.05, 3.63) is 51.8 Å². The van der Waals surface area contributed by atoms with Crippen LogP contribution in [0.4, 0.5) is 0 Å². The van der Waals surface area contributed by atoms with Gasteiger partial charge in [0.2, 0.25) is 5.91 Å². The smallest absolute Gasteiger partial charge is 0.359 e. The van der Waals surface area contributed by atoms with Gasteiger partial charge in [0.1, 0.15) is 6.54 Å². The summed E-state index contributed by atoms with van der Waals surface area (Å²) in [7, 11) is 0.